The predicted molar refractivity (Wildman–Crippen MR) is 85.5 cm³/mol. The van der Waals surface area contributed by atoms with Crippen LogP contribution in [-0.2, 0) is 0 Å². The minimum Gasteiger partial charge on any atom is -0.377 e. The zero-order valence-corrected chi connectivity index (χ0v) is 12.9. The molecule has 100 valence electrons. The van der Waals surface area contributed by atoms with E-state index in [4.69, 9.17) is 5.73 Å². The minimum atomic E-state index is 0.132. The van der Waals surface area contributed by atoms with E-state index >= 15 is 0 Å². The fraction of sp³-hybridized carbons (Fsp3) is 0.250. The summed E-state index contributed by atoms with van der Waals surface area (Å²) in [5.41, 5.74) is 10.7. The molecule has 0 saturated heterocycles. The normalized spacial score (nSPS) is 12.2. The molecule has 0 bridgehead atoms. The highest BCUT2D eigenvalue weighted by Crippen LogP contribution is 2.25. The molecule has 0 fully saturated rings. The minimum absolute atomic E-state index is 0.132. The fourth-order valence-corrected chi connectivity index (χ4v) is 2.33. The third kappa shape index (κ3) is 3.37. The number of hydrogen-bond donors (Lipinski definition) is 2. The van der Waals surface area contributed by atoms with Crippen LogP contribution in [0.5, 0.6) is 0 Å². The number of aryl methyl sites for hydroxylation is 2. The van der Waals surface area contributed by atoms with Crippen LogP contribution in [0.2, 0.25) is 0 Å². The SMILES string of the molecule is Cc1cc(C(CN)Nc2ccccc2C)ccc1Br. The van der Waals surface area contributed by atoms with Gasteiger partial charge in [-0.25, -0.2) is 0 Å². The second-order valence-corrected chi connectivity index (χ2v) is 5.61. The van der Waals surface area contributed by atoms with E-state index < -0.39 is 0 Å². The molecular weight excluding hydrogens is 300 g/mol. The number of para-hydroxylation sites is 1. The van der Waals surface area contributed by atoms with E-state index in [1.807, 2.05) is 12.1 Å². The summed E-state index contributed by atoms with van der Waals surface area (Å²) in [5, 5.41) is 3.52. The highest BCUT2D eigenvalue weighted by atomic mass is 79.9. The van der Waals surface area contributed by atoms with Crippen molar-refractivity contribution in [2.24, 2.45) is 5.73 Å². The Balaban J connectivity index is 2.25. The molecule has 2 aromatic carbocycles. The van der Waals surface area contributed by atoms with E-state index in [1.165, 1.54) is 16.7 Å². The fourth-order valence-electron chi connectivity index (χ4n) is 2.09. The van der Waals surface area contributed by atoms with Gasteiger partial charge in [-0.2, -0.15) is 0 Å². The van der Waals surface area contributed by atoms with Gasteiger partial charge >= 0.3 is 0 Å². The molecule has 0 spiro atoms. The molecule has 0 aliphatic heterocycles. The van der Waals surface area contributed by atoms with Crippen molar-refractivity contribution in [3.8, 4) is 0 Å². The van der Waals surface area contributed by atoms with Crippen molar-refractivity contribution >= 4 is 21.6 Å². The molecular formula is C16H19BrN2. The summed E-state index contributed by atoms with van der Waals surface area (Å²) in [4.78, 5) is 0. The Bertz CT molecular complexity index is 566. The van der Waals surface area contributed by atoms with E-state index in [-0.39, 0.29) is 6.04 Å². The summed E-state index contributed by atoms with van der Waals surface area (Å²) in [6.07, 6.45) is 0. The van der Waals surface area contributed by atoms with Gasteiger partial charge in [-0.3, -0.25) is 0 Å². The number of rotatable bonds is 4. The molecule has 2 aromatic rings. The summed E-state index contributed by atoms with van der Waals surface area (Å²) >= 11 is 3.53. The van der Waals surface area contributed by atoms with Crippen LogP contribution in [0.3, 0.4) is 0 Å². The smallest absolute Gasteiger partial charge is 0.0636 e. The van der Waals surface area contributed by atoms with E-state index in [2.05, 4.69) is 65.4 Å². The molecule has 0 aliphatic rings. The molecule has 19 heavy (non-hydrogen) atoms. The van der Waals surface area contributed by atoms with Crippen LogP contribution in [0.25, 0.3) is 0 Å². The number of hydrogen-bond acceptors (Lipinski definition) is 2. The standard InChI is InChI=1S/C16H19BrN2/c1-11-5-3-4-6-15(11)19-16(10-18)13-7-8-14(17)12(2)9-13/h3-9,16,19H,10,18H2,1-2H3. The summed E-state index contributed by atoms with van der Waals surface area (Å²) < 4.78 is 1.13. The number of nitrogens with one attached hydrogen (secondary N) is 1. The predicted octanol–water partition coefficient (Wildman–Crippen LogP) is 4.18. The lowest BCUT2D eigenvalue weighted by atomic mass is 10.0. The van der Waals surface area contributed by atoms with Gasteiger partial charge in [0.05, 0.1) is 6.04 Å². The maximum absolute atomic E-state index is 5.92. The Kier molecular flexibility index (Phi) is 4.61. The molecule has 1 unspecified atom stereocenters. The first kappa shape index (κ1) is 14.1. The maximum Gasteiger partial charge on any atom is 0.0636 e. The molecule has 0 heterocycles. The molecule has 2 nitrogen and oxygen atoms in total. The number of nitrogens with two attached hydrogens (primary N) is 1. The van der Waals surface area contributed by atoms with Gasteiger partial charge in [0, 0.05) is 16.7 Å². The van der Waals surface area contributed by atoms with Crippen molar-refractivity contribution in [3.05, 3.63) is 63.6 Å². The Labute approximate surface area is 123 Å². The number of halogens is 1. The van der Waals surface area contributed by atoms with Gasteiger partial charge in [0.2, 0.25) is 0 Å². The van der Waals surface area contributed by atoms with E-state index in [1.54, 1.807) is 0 Å². The van der Waals surface area contributed by atoms with Crippen LogP contribution in [0, 0.1) is 13.8 Å². The van der Waals surface area contributed by atoms with Gasteiger partial charge in [-0.15, -0.1) is 0 Å². The van der Waals surface area contributed by atoms with Crippen LogP contribution in [-0.4, -0.2) is 6.54 Å². The van der Waals surface area contributed by atoms with Gasteiger partial charge in [0.15, 0.2) is 0 Å². The topological polar surface area (TPSA) is 38.0 Å². The maximum atomic E-state index is 5.92. The first-order valence-corrected chi connectivity index (χ1v) is 7.19. The average Bonchev–Trinajstić information content (AvgIpc) is 2.41. The molecule has 1 atom stereocenters. The monoisotopic (exact) mass is 318 g/mol. The van der Waals surface area contributed by atoms with Crippen LogP contribution >= 0.6 is 15.9 Å². The van der Waals surface area contributed by atoms with E-state index in [0.29, 0.717) is 6.54 Å². The third-order valence-corrected chi connectivity index (χ3v) is 4.18. The van der Waals surface area contributed by atoms with Crippen molar-refractivity contribution in [3.63, 3.8) is 0 Å². The molecule has 0 saturated carbocycles. The lowest BCUT2D eigenvalue weighted by molar-refractivity contribution is 0.787. The van der Waals surface area contributed by atoms with E-state index in [0.717, 1.165) is 10.2 Å². The molecule has 0 aliphatic carbocycles. The first-order chi connectivity index (χ1) is 9.11. The van der Waals surface area contributed by atoms with Crippen LogP contribution in [0.15, 0.2) is 46.9 Å². The molecule has 2 rings (SSSR count). The summed E-state index contributed by atoms with van der Waals surface area (Å²) in [6, 6.07) is 14.8. The van der Waals surface area contributed by atoms with Gasteiger partial charge < -0.3 is 11.1 Å². The Hall–Kier alpha value is -1.32. The second kappa shape index (κ2) is 6.22. The molecule has 0 radical (unpaired) electrons. The van der Waals surface area contributed by atoms with Crippen LogP contribution in [0.4, 0.5) is 5.69 Å². The quantitative estimate of drug-likeness (QED) is 0.887. The molecule has 0 amide bonds. The lowest BCUT2D eigenvalue weighted by Crippen LogP contribution is -2.21. The van der Waals surface area contributed by atoms with Gasteiger partial charge in [0.25, 0.3) is 0 Å². The summed E-state index contributed by atoms with van der Waals surface area (Å²) in [7, 11) is 0. The van der Waals surface area contributed by atoms with Crippen molar-refractivity contribution in [1.29, 1.82) is 0 Å². The average molecular weight is 319 g/mol. The lowest BCUT2D eigenvalue weighted by Gasteiger charge is -2.20. The highest BCUT2D eigenvalue weighted by molar-refractivity contribution is 9.10. The highest BCUT2D eigenvalue weighted by Gasteiger charge is 2.11. The Morgan fingerprint density at radius 3 is 2.47 bits per heavy atom. The number of anilines is 1. The molecule has 3 heteroatoms. The summed E-state index contributed by atoms with van der Waals surface area (Å²) in [5.74, 6) is 0. The third-order valence-electron chi connectivity index (χ3n) is 3.29. The summed E-state index contributed by atoms with van der Waals surface area (Å²) in [6.45, 7) is 4.76. The van der Waals surface area contributed by atoms with Crippen molar-refractivity contribution in [2.75, 3.05) is 11.9 Å². The van der Waals surface area contributed by atoms with Crippen molar-refractivity contribution in [1.82, 2.24) is 0 Å². The van der Waals surface area contributed by atoms with Gasteiger partial charge in [-0.05, 0) is 42.7 Å². The molecule has 0 aromatic heterocycles. The molecule has 3 N–H and O–H groups in total. The van der Waals surface area contributed by atoms with Crippen molar-refractivity contribution < 1.29 is 0 Å². The number of benzene rings is 2. The van der Waals surface area contributed by atoms with E-state index in [9.17, 15) is 0 Å². The second-order valence-electron chi connectivity index (χ2n) is 4.76. The van der Waals surface area contributed by atoms with Crippen molar-refractivity contribution in [2.45, 2.75) is 19.9 Å². The Morgan fingerprint density at radius 1 is 1.11 bits per heavy atom. The van der Waals surface area contributed by atoms with Gasteiger partial charge in [0.1, 0.15) is 0 Å². The zero-order valence-electron chi connectivity index (χ0n) is 11.3. The first-order valence-electron chi connectivity index (χ1n) is 6.40. The van der Waals surface area contributed by atoms with Gasteiger partial charge in [-0.1, -0.05) is 46.3 Å². The largest absolute Gasteiger partial charge is 0.377 e. The zero-order chi connectivity index (χ0) is 13.8. The Morgan fingerprint density at radius 2 is 1.84 bits per heavy atom. The van der Waals surface area contributed by atoms with Crippen LogP contribution in [0.1, 0.15) is 22.7 Å². The van der Waals surface area contributed by atoms with Crippen LogP contribution < -0.4 is 11.1 Å².